The lowest BCUT2D eigenvalue weighted by atomic mass is 10.1. The highest BCUT2D eigenvalue weighted by Crippen LogP contribution is 2.39. The average molecular weight is 388 g/mol. The van der Waals surface area contributed by atoms with Crippen molar-refractivity contribution in [3.05, 3.63) is 41.0 Å². The van der Waals surface area contributed by atoms with Crippen molar-refractivity contribution in [3.8, 4) is 0 Å². The van der Waals surface area contributed by atoms with Crippen LogP contribution >= 0.6 is 0 Å². The van der Waals surface area contributed by atoms with Crippen molar-refractivity contribution in [2.45, 2.75) is 49.0 Å². The van der Waals surface area contributed by atoms with Crippen LogP contribution in [0.25, 0.3) is 0 Å². The van der Waals surface area contributed by atoms with Crippen LogP contribution < -0.4 is 0 Å². The summed E-state index contributed by atoms with van der Waals surface area (Å²) in [4.78, 5) is 7.04. The van der Waals surface area contributed by atoms with Crippen molar-refractivity contribution in [1.82, 2.24) is 19.3 Å². The number of fused-ring (bicyclic) bond motifs is 1. The quantitative estimate of drug-likeness (QED) is 0.798. The van der Waals surface area contributed by atoms with E-state index in [0.29, 0.717) is 36.3 Å². The minimum Gasteiger partial charge on any atom is -0.338 e. The summed E-state index contributed by atoms with van der Waals surface area (Å²) in [5, 5.41) is 4.09. The second-order valence-corrected chi connectivity index (χ2v) is 9.85. The molecule has 8 heteroatoms. The van der Waals surface area contributed by atoms with Gasteiger partial charge in [-0.05, 0) is 62.4 Å². The molecule has 2 fully saturated rings. The van der Waals surface area contributed by atoms with Gasteiger partial charge in [-0.25, -0.2) is 8.42 Å². The van der Waals surface area contributed by atoms with E-state index >= 15 is 0 Å². The van der Waals surface area contributed by atoms with E-state index in [-0.39, 0.29) is 6.04 Å². The number of piperazine rings is 1. The fourth-order valence-corrected chi connectivity index (χ4v) is 5.57. The van der Waals surface area contributed by atoms with E-state index < -0.39 is 10.0 Å². The van der Waals surface area contributed by atoms with Crippen LogP contribution in [0.15, 0.2) is 27.6 Å². The Kier molecular flexibility index (Phi) is 4.10. The molecular weight excluding hydrogens is 364 g/mol. The highest BCUT2D eigenvalue weighted by Gasteiger charge is 2.37. The molecule has 27 heavy (non-hydrogen) atoms. The molecule has 1 aromatic carbocycles. The van der Waals surface area contributed by atoms with Gasteiger partial charge in [0.25, 0.3) is 0 Å². The molecule has 3 aliphatic rings. The largest absolute Gasteiger partial charge is 0.338 e. The number of nitrogens with zero attached hydrogens (tertiary/aromatic N) is 4. The Labute approximate surface area is 159 Å². The zero-order valence-corrected chi connectivity index (χ0v) is 16.3. The standard InChI is InChI=1S/C19H24N4O3S/c1-22-9-10-23(12-17(22)19-20-18(21-26-19)14-5-6-14)27(24,25)16-8-7-13-3-2-4-15(13)11-16/h7-8,11,14,17H,2-6,9-10,12H2,1H3. The van der Waals surface area contributed by atoms with Gasteiger partial charge in [-0.3, -0.25) is 4.90 Å². The molecule has 7 nitrogen and oxygen atoms in total. The highest BCUT2D eigenvalue weighted by atomic mass is 32.2. The lowest BCUT2D eigenvalue weighted by Gasteiger charge is -2.36. The predicted molar refractivity (Wildman–Crippen MR) is 98.9 cm³/mol. The number of hydrogen-bond acceptors (Lipinski definition) is 6. The Bertz CT molecular complexity index is 967. The summed E-state index contributed by atoms with van der Waals surface area (Å²) in [7, 11) is -1.55. The molecule has 5 rings (SSSR count). The molecule has 0 radical (unpaired) electrons. The zero-order chi connectivity index (χ0) is 18.6. The molecule has 2 aromatic rings. The third kappa shape index (κ3) is 3.09. The van der Waals surface area contributed by atoms with E-state index in [1.165, 1.54) is 11.1 Å². The van der Waals surface area contributed by atoms with Crippen LogP contribution in [0, 0.1) is 0 Å². The maximum absolute atomic E-state index is 13.2. The first-order valence-corrected chi connectivity index (χ1v) is 11.1. The second kappa shape index (κ2) is 6.39. The Balaban J connectivity index is 1.40. The number of sulfonamides is 1. The van der Waals surface area contributed by atoms with Crippen LogP contribution in [0.1, 0.15) is 54.1 Å². The number of hydrogen-bond donors (Lipinski definition) is 0. The Morgan fingerprint density at radius 1 is 1.15 bits per heavy atom. The van der Waals surface area contributed by atoms with E-state index in [2.05, 4.69) is 15.0 Å². The topological polar surface area (TPSA) is 79.5 Å². The molecular formula is C19H24N4O3S. The van der Waals surface area contributed by atoms with Crippen molar-refractivity contribution in [1.29, 1.82) is 0 Å². The van der Waals surface area contributed by atoms with Gasteiger partial charge in [-0.2, -0.15) is 9.29 Å². The maximum atomic E-state index is 13.2. The van der Waals surface area contributed by atoms with Gasteiger partial charge >= 0.3 is 0 Å². The van der Waals surface area contributed by atoms with Crippen LogP contribution in [0.3, 0.4) is 0 Å². The Morgan fingerprint density at radius 2 is 1.96 bits per heavy atom. The van der Waals surface area contributed by atoms with Gasteiger partial charge in [0.2, 0.25) is 15.9 Å². The molecule has 2 heterocycles. The van der Waals surface area contributed by atoms with E-state index in [1.807, 2.05) is 19.2 Å². The molecule has 0 amide bonds. The number of aromatic nitrogens is 2. The van der Waals surface area contributed by atoms with Crippen LogP contribution in [-0.2, 0) is 22.9 Å². The molecule has 1 atom stereocenters. The fraction of sp³-hybridized carbons (Fsp3) is 0.579. The number of aryl methyl sites for hydroxylation is 2. The summed E-state index contributed by atoms with van der Waals surface area (Å²) in [5.41, 5.74) is 2.45. The first-order chi connectivity index (χ1) is 13.0. The minimum atomic E-state index is -3.53. The average Bonchev–Trinajstić information content (AvgIpc) is 3.21. The normalized spacial score (nSPS) is 24.3. The van der Waals surface area contributed by atoms with Gasteiger partial charge in [-0.1, -0.05) is 11.2 Å². The molecule has 1 aliphatic heterocycles. The smallest absolute Gasteiger partial charge is 0.245 e. The van der Waals surface area contributed by atoms with Crippen molar-refractivity contribution in [2.75, 3.05) is 26.7 Å². The summed E-state index contributed by atoms with van der Waals surface area (Å²) in [6.07, 6.45) is 5.34. The fourth-order valence-electron chi connectivity index (χ4n) is 4.08. The van der Waals surface area contributed by atoms with Gasteiger partial charge in [-0.15, -0.1) is 0 Å². The molecule has 1 aromatic heterocycles. The van der Waals surface area contributed by atoms with Crippen molar-refractivity contribution in [2.24, 2.45) is 0 Å². The Hall–Kier alpha value is -1.77. The summed E-state index contributed by atoms with van der Waals surface area (Å²) < 4.78 is 33.5. The van der Waals surface area contributed by atoms with E-state index in [4.69, 9.17) is 4.52 Å². The van der Waals surface area contributed by atoms with Gasteiger partial charge in [0, 0.05) is 25.6 Å². The number of rotatable bonds is 4. The Morgan fingerprint density at radius 3 is 2.78 bits per heavy atom. The van der Waals surface area contributed by atoms with Crippen molar-refractivity contribution in [3.63, 3.8) is 0 Å². The molecule has 144 valence electrons. The van der Waals surface area contributed by atoms with E-state index in [0.717, 1.165) is 37.9 Å². The SMILES string of the molecule is CN1CCN(S(=O)(=O)c2ccc3c(c2)CCC3)CC1c1nc(C2CC2)no1. The predicted octanol–water partition coefficient (Wildman–Crippen LogP) is 2.11. The van der Waals surface area contributed by atoms with Crippen molar-refractivity contribution >= 4 is 10.0 Å². The third-order valence-corrected chi connectivity index (χ3v) is 7.86. The van der Waals surface area contributed by atoms with E-state index in [9.17, 15) is 8.42 Å². The van der Waals surface area contributed by atoms with Gasteiger partial charge in [0.05, 0.1) is 4.90 Å². The van der Waals surface area contributed by atoms with Crippen LogP contribution in [0.2, 0.25) is 0 Å². The summed E-state index contributed by atoms with van der Waals surface area (Å²) >= 11 is 0. The first-order valence-electron chi connectivity index (χ1n) is 9.68. The van der Waals surface area contributed by atoms with Gasteiger partial charge in [0.1, 0.15) is 6.04 Å². The minimum absolute atomic E-state index is 0.206. The monoisotopic (exact) mass is 388 g/mol. The van der Waals surface area contributed by atoms with Crippen LogP contribution in [0.5, 0.6) is 0 Å². The lowest BCUT2D eigenvalue weighted by Crippen LogP contribution is -2.49. The highest BCUT2D eigenvalue weighted by molar-refractivity contribution is 7.89. The lowest BCUT2D eigenvalue weighted by molar-refractivity contribution is 0.120. The van der Waals surface area contributed by atoms with Gasteiger partial charge in [0.15, 0.2) is 5.82 Å². The molecule has 2 aliphatic carbocycles. The molecule has 1 saturated heterocycles. The molecule has 1 saturated carbocycles. The van der Waals surface area contributed by atoms with Gasteiger partial charge < -0.3 is 4.52 Å². The summed E-state index contributed by atoms with van der Waals surface area (Å²) in [6, 6.07) is 5.39. The van der Waals surface area contributed by atoms with Crippen LogP contribution in [-0.4, -0.2) is 54.4 Å². The second-order valence-electron chi connectivity index (χ2n) is 7.91. The molecule has 0 N–H and O–H groups in total. The molecule has 0 spiro atoms. The first kappa shape index (κ1) is 17.3. The number of likely N-dealkylation sites (N-methyl/N-ethyl adjacent to an activating group) is 1. The van der Waals surface area contributed by atoms with E-state index in [1.54, 1.807) is 10.4 Å². The zero-order valence-electron chi connectivity index (χ0n) is 15.5. The molecule has 0 bridgehead atoms. The van der Waals surface area contributed by atoms with Crippen LogP contribution in [0.4, 0.5) is 0 Å². The maximum Gasteiger partial charge on any atom is 0.245 e. The van der Waals surface area contributed by atoms with Crippen molar-refractivity contribution < 1.29 is 12.9 Å². The number of benzene rings is 1. The molecule has 1 unspecified atom stereocenters. The summed E-state index contributed by atoms with van der Waals surface area (Å²) in [5.74, 6) is 1.70. The summed E-state index contributed by atoms with van der Waals surface area (Å²) in [6.45, 7) is 1.44. The third-order valence-electron chi connectivity index (χ3n) is 6.00.